The Morgan fingerprint density at radius 3 is 2.67 bits per heavy atom. The molecular weight excluding hydrogens is 308 g/mol. The lowest BCUT2D eigenvalue weighted by Crippen LogP contribution is -2.50. The van der Waals surface area contributed by atoms with E-state index in [0.29, 0.717) is 12.4 Å². The van der Waals surface area contributed by atoms with E-state index in [4.69, 9.17) is 0 Å². The number of urea groups is 1. The molecule has 2 aromatic rings. The van der Waals surface area contributed by atoms with Crippen molar-refractivity contribution in [3.05, 3.63) is 24.5 Å². The summed E-state index contributed by atoms with van der Waals surface area (Å²) in [5.41, 5.74) is 1.88. The number of hydrogen-bond acceptors (Lipinski definition) is 6. The molecule has 1 aromatic heterocycles. The average Bonchev–Trinajstić information content (AvgIpc) is 2.62. The first kappa shape index (κ1) is 14.8. The third kappa shape index (κ3) is 2.54. The van der Waals surface area contributed by atoms with E-state index in [9.17, 15) is 9.59 Å². The fraction of sp³-hybridized carbons (Fsp3) is 0.375. The van der Waals surface area contributed by atoms with Crippen molar-refractivity contribution in [1.29, 1.82) is 0 Å². The minimum Gasteiger partial charge on any atom is -0.367 e. The fourth-order valence-electron chi connectivity index (χ4n) is 3.20. The van der Waals surface area contributed by atoms with Crippen molar-refractivity contribution >= 4 is 34.3 Å². The molecule has 0 unspecified atom stereocenters. The van der Waals surface area contributed by atoms with Crippen molar-refractivity contribution in [3.8, 4) is 0 Å². The first-order chi connectivity index (χ1) is 11.7. The number of amides is 3. The predicted molar refractivity (Wildman–Crippen MR) is 90.1 cm³/mol. The first-order valence-electron chi connectivity index (χ1n) is 8.05. The van der Waals surface area contributed by atoms with Crippen LogP contribution in [0.2, 0.25) is 0 Å². The molecule has 8 heteroatoms. The van der Waals surface area contributed by atoms with Crippen LogP contribution in [0.25, 0.3) is 10.9 Å². The van der Waals surface area contributed by atoms with Crippen LogP contribution < -0.4 is 20.4 Å². The molecule has 2 saturated heterocycles. The lowest BCUT2D eigenvalue weighted by atomic mass is 10.1. The zero-order valence-electron chi connectivity index (χ0n) is 13.2. The maximum Gasteiger partial charge on any atom is 0.329 e. The number of piperazine rings is 1. The molecule has 0 atom stereocenters. The van der Waals surface area contributed by atoms with Crippen molar-refractivity contribution in [2.45, 2.75) is 6.42 Å². The lowest BCUT2D eigenvalue weighted by Gasteiger charge is -2.31. The van der Waals surface area contributed by atoms with Gasteiger partial charge < -0.3 is 10.2 Å². The van der Waals surface area contributed by atoms with Gasteiger partial charge in [-0.05, 0) is 12.1 Å². The molecule has 3 heterocycles. The van der Waals surface area contributed by atoms with Crippen LogP contribution in [-0.4, -0.2) is 54.6 Å². The third-order valence-electron chi connectivity index (χ3n) is 4.39. The molecule has 2 aliphatic heterocycles. The van der Waals surface area contributed by atoms with Gasteiger partial charge >= 0.3 is 6.03 Å². The number of fused-ring (bicyclic) bond motifs is 1. The fourth-order valence-corrected chi connectivity index (χ4v) is 3.20. The first-order valence-corrected chi connectivity index (χ1v) is 8.05. The number of imide groups is 1. The van der Waals surface area contributed by atoms with Crippen LogP contribution in [0, 0.1) is 0 Å². The van der Waals surface area contributed by atoms with Gasteiger partial charge in [0.2, 0.25) is 5.91 Å². The molecular formula is C16H18N6O2. The van der Waals surface area contributed by atoms with E-state index in [2.05, 4.69) is 25.5 Å². The van der Waals surface area contributed by atoms with Crippen LogP contribution in [0.1, 0.15) is 6.42 Å². The second-order valence-corrected chi connectivity index (χ2v) is 5.86. The van der Waals surface area contributed by atoms with E-state index < -0.39 is 6.03 Å². The van der Waals surface area contributed by atoms with Gasteiger partial charge in [-0.15, -0.1) is 0 Å². The molecule has 0 aliphatic carbocycles. The summed E-state index contributed by atoms with van der Waals surface area (Å²) >= 11 is 0. The largest absolute Gasteiger partial charge is 0.367 e. The van der Waals surface area contributed by atoms with Gasteiger partial charge in [-0.25, -0.2) is 14.8 Å². The molecule has 0 saturated carbocycles. The Bertz CT molecular complexity index is 802. The summed E-state index contributed by atoms with van der Waals surface area (Å²) in [6.07, 6.45) is 1.75. The van der Waals surface area contributed by atoms with Gasteiger partial charge in [-0.3, -0.25) is 15.0 Å². The normalized spacial score (nSPS) is 18.8. The minimum absolute atomic E-state index is 0.254. The van der Waals surface area contributed by atoms with Crippen LogP contribution in [0.5, 0.6) is 0 Å². The summed E-state index contributed by atoms with van der Waals surface area (Å²) in [6, 6.07) is 5.49. The molecule has 2 fully saturated rings. The second-order valence-electron chi connectivity index (χ2n) is 5.86. The summed E-state index contributed by atoms with van der Waals surface area (Å²) in [5.74, 6) is 0.290. The van der Waals surface area contributed by atoms with Gasteiger partial charge in [0, 0.05) is 44.5 Å². The zero-order valence-corrected chi connectivity index (χ0v) is 13.2. The molecule has 0 spiro atoms. The quantitative estimate of drug-likeness (QED) is 0.834. The van der Waals surface area contributed by atoms with E-state index in [1.165, 1.54) is 11.2 Å². The number of benzene rings is 1. The number of anilines is 2. The number of nitrogens with zero attached hydrogens (tertiary/aromatic N) is 4. The summed E-state index contributed by atoms with van der Waals surface area (Å²) < 4.78 is 0. The molecule has 3 amide bonds. The summed E-state index contributed by atoms with van der Waals surface area (Å²) in [6.45, 7) is 4.03. The van der Waals surface area contributed by atoms with Crippen LogP contribution in [0.15, 0.2) is 24.5 Å². The van der Waals surface area contributed by atoms with E-state index in [0.717, 1.165) is 42.8 Å². The van der Waals surface area contributed by atoms with Gasteiger partial charge in [0.25, 0.3) is 0 Å². The molecule has 8 nitrogen and oxygen atoms in total. The van der Waals surface area contributed by atoms with E-state index in [1.807, 2.05) is 18.2 Å². The third-order valence-corrected chi connectivity index (χ3v) is 4.39. The Labute approximate surface area is 138 Å². The molecule has 1 aromatic carbocycles. The van der Waals surface area contributed by atoms with Crippen molar-refractivity contribution in [2.24, 2.45) is 0 Å². The zero-order chi connectivity index (χ0) is 16.5. The second kappa shape index (κ2) is 6.04. The van der Waals surface area contributed by atoms with Gasteiger partial charge in [0.15, 0.2) is 0 Å². The number of nitrogens with one attached hydrogen (secondary N) is 2. The van der Waals surface area contributed by atoms with Crippen molar-refractivity contribution < 1.29 is 9.59 Å². The van der Waals surface area contributed by atoms with E-state index in [-0.39, 0.29) is 12.3 Å². The summed E-state index contributed by atoms with van der Waals surface area (Å²) in [5, 5.41) is 6.50. The van der Waals surface area contributed by atoms with Gasteiger partial charge in [0.05, 0.1) is 11.2 Å². The highest BCUT2D eigenvalue weighted by Crippen LogP contribution is 2.31. The number of carbonyl (C=O) groups excluding carboxylic acids is 2. The Hall–Kier alpha value is -2.74. The van der Waals surface area contributed by atoms with Crippen molar-refractivity contribution in [2.75, 3.05) is 42.5 Å². The van der Waals surface area contributed by atoms with Gasteiger partial charge in [-0.2, -0.15) is 0 Å². The van der Waals surface area contributed by atoms with Crippen LogP contribution in [0.3, 0.4) is 0 Å². The van der Waals surface area contributed by atoms with Crippen molar-refractivity contribution in [1.82, 2.24) is 20.6 Å². The maximum absolute atomic E-state index is 12.2. The molecule has 24 heavy (non-hydrogen) atoms. The van der Waals surface area contributed by atoms with Crippen LogP contribution in [0.4, 0.5) is 16.3 Å². The standard InChI is InChI=1S/C16H18N6O2/c23-13-4-7-22(16(24)20-13)15-11-2-1-3-12(14(11)18-10-19-15)21-8-5-17-6-9-21/h1-3,10,17H,4-9H2,(H,20,23,24). The predicted octanol–water partition coefficient (Wildman–Crippen LogP) is 0.486. The Kier molecular flexibility index (Phi) is 3.73. The maximum atomic E-state index is 12.2. The summed E-state index contributed by atoms with van der Waals surface area (Å²) in [7, 11) is 0. The minimum atomic E-state index is -0.432. The number of carbonyl (C=O) groups is 2. The highest BCUT2D eigenvalue weighted by molar-refractivity contribution is 6.09. The Balaban J connectivity index is 1.78. The van der Waals surface area contributed by atoms with Crippen molar-refractivity contribution in [3.63, 3.8) is 0 Å². The molecule has 124 valence electrons. The van der Waals surface area contributed by atoms with Gasteiger partial charge in [0.1, 0.15) is 12.1 Å². The van der Waals surface area contributed by atoms with Gasteiger partial charge in [-0.1, -0.05) is 6.07 Å². The molecule has 2 N–H and O–H groups in total. The number of aromatic nitrogens is 2. The highest BCUT2D eigenvalue weighted by Gasteiger charge is 2.27. The number of para-hydroxylation sites is 1. The molecule has 0 bridgehead atoms. The lowest BCUT2D eigenvalue weighted by molar-refractivity contribution is -0.120. The molecule has 0 radical (unpaired) electrons. The SMILES string of the molecule is O=C1CCN(c2ncnc3c(N4CCNCC4)cccc23)C(=O)N1. The highest BCUT2D eigenvalue weighted by atomic mass is 16.2. The average molecular weight is 326 g/mol. The Morgan fingerprint density at radius 1 is 1.04 bits per heavy atom. The molecule has 4 rings (SSSR count). The van der Waals surface area contributed by atoms with Crippen LogP contribution in [-0.2, 0) is 4.79 Å². The smallest absolute Gasteiger partial charge is 0.329 e. The topological polar surface area (TPSA) is 90.5 Å². The Morgan fingerprint density at radius 2 is 1.88 bits per heavy atom. The monoisotopic (exact) mass is 326 g/mol. The van der Waals surface area contributed by atoms with Crippen LogP contribution >= 0.6 is 0 Å². The summed E-state index contributed by atoms with van der Waals surface area (Å²) in [4.78, 5) is 36.1. The molecule has 2 aliphatic rings. The van der Waals surface area contributed by atoms with E-state index in [1.54, 1.807) is 0 Å². The van der Waals surface area contributed by atoms with E-state index >= 15 is 0 Å². The number of rotatable bonds is 2. The number of hydrogen-bond donors (Lipinski definition) is 2.